The van der Waals surface area contributed by atoms with Crippen LogP contribution < -0.4 is 5.73 Å². The Morgan fingerprint density at radius 3 is 2.64 bits per heavy atom. The van der Waals surface area contributed by atoms with Crippen molar-refractivity contribution in [3.63, 3.8) is 0 Å². The van der Waals surface area contributed by atoms with Gasteiger partial charge in [-0.05, 0) is 24.6 Å². The van der Waals surface area contributed by atoms with E-state index >= 15 is 0 Å². The molecule has 0 saturated carbocycles. The van der Waals surface area contributed by atoms with Crippen molar-refractivity contribution in [1.29, 1.82) is 0 Å². The van der Waals surface area contributed by atoms with E-state index in [-0.39, 0.29) is 17.2 Å². The fourth-order valence-electron chi connectivity index (χ4n) is 0.877. The van der Waals surface area contributed by atoms with Crippen LogP contribution in [-0.4, -0.2) is 11.0 Å². The van der Waals surface area contributed by atoms with Crippen LogP contribution in [0.15, 0.2) is 18.2 Å². The minimum absolute atomic E-state index is 0.00463. The molecule has 0 aromatic heterocycles. The molecule has 0 aliphatic rings. The summed E-state index contributed by atoms with van der Waals surface area (Å²) in [5, 5.41) is 9.20. The normalized spacial score (nSPS) is 9.64. The molecule has 0 unspecified atom stereocenters. The topological polar surface area (TPSA) is 64.9 Å². The summed E-state index contributed by atoms with van der Waals surface area (Å²) in [6, 6.07) is 4.87. The van der Waals surface area contributed by atoms with Gasteiger partial charge in [0.25, 0.3) is 0 Å². The minimum atomic E-state index is -0.359. The number of amides is 1. The summed E-state index contributed by atoms with van der Waals surface area (Å²) < 4.78 is 0. The Morgan fingerprint density at radius 1 is 1.55 bits per heavy atom. The molecule has 0 spiro atoms. The molecule has 0 aliphatic carbocycles. The molecule has 0 bridgehead atoms. The molecule has 1 aromatic carbocycles. The summed E-state index contributed by atoms with van der Waals surface area (Å²) in [7, 11) is 0. The lowest BCUT2D eigenvalue weighted by molar-refractivity contribution is -0.255. The van der Waals surface area contributed by atoms with Crippen molar-refractivity contribution in [2.45, 2.75) is 6.92 Å². The van der Waals surface area contributed by atoms with Crippen LogP contribution in [0, 0.1) is 6.92 Å². The van der Waals surface area contributed by atoms with Crippen molar-refractivity contribution in [3.8, 4) is 5.75 Å². The van der Waals surface area contributed by atoms with E-state index in [2.05, 4.69) is 5.73 Å². The van der Waals surface area contributed by atoms with Crippen LogP contribution >= 0.6 is 0 Å². The molecular formula is C8H10NO2+. The quantitative estimate of drug-likeness (QED) is 0.598. The number of benzene rings is 1. The zero-order valence-electron chi connectivity index (χ0n) is 6.29. The third-order valence-electron chi connectivity index (χ3n) is 1.45. The number of hydrogen-bond acceptors (Lipinski definition) is 2. The SMILES string of the molecule is Cc1ccc(C([NH3+])=O)c(O)c1. The van der Waals surface area contributed by atoms with E-state index < -0.39 is 0 Å². The van der Waals surface area contributed by atoms with Gasteiger partial charge in [0.2, 0.25) is 0 Å². The first kappa shape index (κ1) is 7.75. The summed E-state index contributed by atoms with van der Waals surface area (Å²) in [5.41, 5.74) is 4.40. The zero-order chi connectivity index (χ0) is 8.43. The predicted molar refractivity (Wildman–Crippen MR) is 40.1 cm³/mol. The maximum atomic E-state index is 10.7. The highest BCUT2D eigenvalue weighted by atomic mass is 16.3. The Labute approximate surface area is 64.5 Å². The minimum Gasteiger partial charge on any atom is -0.507 e. The summed E-state index contributed by atoms with van der Waals surface area (Å²) in [4.78, 5) is 10.7. The highest BCUT2D eigenvalue weighted by Gasteiger charge is 2.08. The van der Waals surface area contributed by atoms with Gasteiger partial charge in [-0.3, -0.25) is 5.73 Å². The smallest absolute Gasteiger partial charge is 0.344 e. The van der Waals surface area contributed by atoms with Crippen molar-refractivity contribution in [1.82, 2.24) is 0 Å². The first-order valence-electron chi connectivity index (χ1n) is 3.27. The maximum absolute atomic E-state index is 10.7. The first-order valence-corrected chi connectivity index (χ1v) is 3.27. The number of aromatic hydroxyl groups is 1. The summed E-state index contributed by atoms with van der Waals surface area (Å²) >= 11 is 0. The molecule has 3 nitrogen and oxygen atoms in total. The maximum Gasteiger partial charge on any atom is 0.344 e. The summed E-state index contributed by atoms with van der Waals surface area (Å²) in [6.45, 7) is 1.84. The van der Waals surface area contributed by atoms with Crippen LogP contribution in [0.3, 0.4) is 0 Å². The lowest BCUT2D eigenvalue weighted by Gasteiger charge is -1.97. The average Bonchev–Trinajstić information content (AvgIpc) is 1.85. The number of carbonyl (C=O) groups is 1. The second kappa shape index (κ2) is 2.72. The van der Waals surface area contributed by atoms with Gasteiger partial charge in [-0.1, -0.05) is 6.07 Å². The molecule has 58 valence electrons. The molecule has 0 fully saturated rings. The van der Waals surface area contributed by atoms with Crippen molar-refractivity contribution < 1.29 is 15.6 Å². The molecule has 0 atom stereocenters. The summed E-state index contributed by atoms with van der Waals surface area (Å²) in [6.07, 6.45) is 0. The third kappa shape index (κ3) is 1.56. The van der Waals surface area contributed by atoms with Crippen molar-refractivity contribution in [2.75, 3.05) is 0 Å². The van der Waals surface area contributed by atoms with Crippen molar-refractivity contribution in [2.24, 2.45) is 0 Å². The van der Waals surface area contributed by atoms with Gasteiger partial charge < -0.3 is 5.11 Å². The largest absolute Gasteiger partial charge is 0.507 e. The van der Waals surface area contributed by atoms with Gasteiger partial charge in [-0.25, -0.2) is 4.79 Å². The zero-order valence-corrected chi connectivity index (χ0v) is 6.29. The molecule has 0 aliphatic heterocycles. The van der Waals surface area contributed by atoms with Crippen LogP contribution in [0.1, 0.15) is 15.9 Å². The predicted octanol–water partition coefficient (Wildman–Crippen LogP) is 0.0827. The van der Waals surface area contributed by atoms with Crippen LogP contribution in [0.4, 0.5) is 0 Å². The molecule has 3 heteroatoms. The van der Waals surface area contributed by atoms with Gasteiger partial charge in [0.1, 0.15) is 11.3 Å². The number of phenols is 1. The summed E-state index contributed by atoms with van der Waals surface area (Å²) in [5.74, 6) is -0.354. The van der Waals surface area contributed by atoms with Crippen LogP contribution in [0.5, 0.6) is 5.75 Å². The number of carbonyl (C=O) groups excluding carboxylic acids is 1. The second-order valence-electron chi connectivity index (χ2n) is 2.44. The number of phenolic OH excluding ortho intramolecular Hbond substituents is 1. The molecule has 0 heterocycles. The van der Waals surface area contributed by atoms with Gasteiger partial charge in [-0.15, -0.1) is 0 Å². The van der Waals surface area contributed by atoms with Gasteiger partial charge in [0, 0.05) is 0 Å². The Kier molecular flexibility index (Phi) is 1.92. The van der Waals surface area contributed by atoms with E-state index in [9.17, 15) is 9.90 Å². The van der Waals surface area contributed by atoms with Crippen molar-refractivity contribution in [3.05, 3.63) is 29.3 Å². The fraction of sp³-hybridized carbons (Fsp3) is 0.125. The van der Waals surface area contributed by atoms with E-state index in [1.165, 1.54) is 0 Å². The molecular weight excluding hydrogens is 142 g/mol. The van der Waals surface area contributed by atoms with E-state index in [0.29, 0.717) is 0 Å². The number of hydrogen-bond donors (Lipinski definition) is 2. The molecule has 0 radical (unpaired) electrons. The molecule has 1 amide bonds. The Morgan fingerprint density at radius 2 is 2.18 bits per heavy atom. The van der Waals surface area contributed by atoms with Gasteiger partial charge in [0.15, 0.2) is 0 Å². The third-order valence-corrected chi connectivity index (χ3v) is 1.45. The molecule has 11 heavy (non-hydrogen) atoms. The fourth-order valence-corrected chi connectivity index (χ4v) is 0.877. The van der Waals surface area contributed by atoms with Gasteiger partial charge in [0.05, 0.1) is 0 Å². The van der Waals surface area contributed by atoms with Crippen molar-refractivity contribution >= 4 is 5.91 Å². The van der Waals surface area contributed by atoms with E-state index in [1.807, 2.05) is 6.92 Å². The Hall–Kier alpha value is -1.35. The first-order chi connectivity index (χ1) is 5.11. The van der Waals surface area contributed by atoms with Gasteiger partial charge in [-0.2, -0.15) is 0 Å². The molecule has 1 aromatic rings. The lowest BCUT2D eigenvalue weighted by Crippen LogP contribution is -2.56. The lowest BCUT2D eigenvalue weighted by atomic mass is 10.1. The van der Waals surface area contributed by atoms with Gasteiger partial charge >= 0.3 is 5.91 Å². The molecule has 0 saturated heterocycles. The standard InChI is InChI=1S/C8H9NO2/c1-5-2-3-6(8(9)11)7(10)4-5/h2-4,10H,1H3,(H2,9,11)/p+1. The van der Waals surface area contributed by atoms with E-state index in [4.69, 9.17) is 0 Å². The molecule has 1 rings (SSSR count). The Balaban J connectivity index is 3.20. The highest BCUT2D eigenvalue weighted by Crippen LogP contribution is 2.16. The number of aryl methyl sites for hydroxylation is 1. The monoisotopic (exact) mass is 152 g/mol. The van der Waals surface area contributed by atoms with Crippen LogP contribution in [-0.2, 0) is 0 Å². The Bertz CT molecular complexity index is 294. The second-order valence-corrected chi connectivity index (χ2v) is 2.44. The van der Waals surface area contributed by atoms with E-state index in [0.717, 1.165) is 5.56 Å². The van der Waals surface area contributed by atoms with Crippen LogP contribution in [0.2, 0.25) is 0 Å². The average molecular weight is 152 g/mol. The van der Waals surface area contributed by atoms with Crippen LogP contribution in [0.25, 0.3) is 0 Å². The molecule has 4 N–H and O–H groups in total. The number of quaternary nitrogens is 1. The highest BCUT2D eigenvalue weighted by molar-refractivity contribution is 5.89. The van der Waals surface area contributed by atoms with E-state index in [1.54, 1.807) is 18.2 Å². The number of rotatable bonds is 1.